The molecule has 0 radical (unpaired) electrons. The molecule has 3 rings (SSSR count). The molecule has 0 aliphatic carbocycles. The Bertz CT molecular complexity index is 1190. The molecule has 2 amide bonds. The van der Waals surface area contributed by atoms with Crippen LogP contribution in [0.2, 0.25) is 0 Å². The first-order valence-corrected chi connectivity index (χ1v) is 12.6. The van der Waals surface area contributed by atoms with Gasteiger partial charge in [0.1, 0.15) is 4.21 Å². The van der Waals surface area contributed by atoms with Gasteiger partial charge in [-0.2, -0.15) is 0 Å². The predicted molar refractivity (Wildman–Crippen MR) is 130 cm³/mol. The first-order valence-electron chi connectivity index (χ1n) is 10.2. The number of hydrogen-bond donors (Lipinski definition) is 3. The van der Waals surface area contributed by atoms with E-state index in [0.717, 1.165) is 16.9 Å². The van der Waals surface area contributed by atoms with Crippen molar-refractivity contribution in [3.63, 3.8) is 0 Å². The van der Waals surface area contributed by atoms with Crippen LogP contribution in [0.15, 0.2) is 70.3 Å². The minimum absolute atomic E-state index is 0.103. The molecule has 174 valence electrons. The van der Waals surface area contributed by atoms with E-state index >= 15 is 0 Å². The molecule has 0 saturated heterocycles. The van der Waals surface area contributed by atoms with Crippen LogP contribution in [0.4, 0.5) is 21.9 Å². The predicted octanol–water partition coefficient (Wildman–Crippen LogP) is 4.93. The summed E-state index contributed by atoms with van der Waals surface area (Å²) in [4.78, 5) is 24.2. The van der Waals surface area contributed by atoms with Crippen LogP contribution in [0.25, 0.3) is 0 Å². The number of anilines is 3. The summed E-state index contributed by atoms with van der Waals surface area (Å²) in [6.45, 7) is 4.21. The molecular formula is C23H25N3O5S2. The average molecular weight is 488 g/mol. The fourth-order valence-corrected chi connectivity index (χ4v) is 4.83. The highest BCUT2D eigenvalue weighted by molar-refractivity contribution is 7.94. The fraction of sp³-hybridized carbons (Fsp3) is 0.217. The molecule has 10 heteroatoms. The second-order valence-electron chi connectivity index (χ2n) is 7.66. The Labute approximate surface area is 197 Å². The maximum Gasteiger partial charge on any atom is 0.411 e. The van der Waals surface area contributed by atoms with Gasteiger partial charge in [-0.15, -0.1) is 11.3 Å². The van der Waals surface area contributed by atoms with E-state index in [4.69, 9.17) is 4.74 Å². The monoisotopic (exact) mass is 487 g/mol. The molecule has 0 unspecified atom stereocenters. The summed E-state index contributed by atoms with van der Waals surface area (Å²) >= 11 is 1.14. The van der Waals surface area contributed by atoms with Crippen molar-refractivity contribution in [2.45, 2.75) is 24.5 Å². The summed E-state index contributed by atoms with van der Waals surface area (Å²) in [7, 11) is -3.62. The van der Waals surface area contributed by atoms with Crippen molar-refractivity contribution in [3.05, 3.63) is 71.6 Å². The molecule has 2 aromatic carbocycles. The highest BCUT2D eigenvalue weighted by atomic mass is 32.2. The molecule has 1 heterocycles. The Morgan fingerprint density at radius 2 is 1.64 bits per heavy atom. The number of benzene rings is 2. The minimum atomic E-state index is -3.62. The van der Waals surface area contributed by atoms with Gasteiger partial charge in [-0.05, 0) is 53.3 Å². The van der Waals surface area contributed by atoms with E-state index in [1.807, 2.05) is 13.8 Å². The van der Waals surface area contributed by atoms with Gasteiger partial charge in [0, 0.05) is 17.1 Å². The van der Waals surface area contributed by atoms with Gasteiger partial charge >= 0.3 is 6.09 Å². The van der Waals surface area contributed by atoms with Gasteiger partial charge in [-0.3, -0.25) is 14.8 Å². The number of amides is 2. The average Bonchev–Trinajstić information content (AvgIpc) is 3.30. The molecule has 8 nitrogen and oxygen atoms in total. The van der Waals surface area contributed by atoms with E-state index in [2.05, 4.69) is 15.4 Å². The highest BCUT2D eigenvalue weighted by Crippen LogP contribution is 2.21. The molecular weight excluding hydrogens is 462 g/mol. The van der Waals surface area contributed by atoms with Gasteiger partial charge in [0.05, 0.1) is 13.0 Å². The third-order valence-electron chi connectivity index (χ3n) is 4.27. The number of carbonyl (C=O) groups is 2. The number of ether oxygens (including phenoxy) is 1. The maximum absolute atomic E-state index is 12.4. The smallest absolute Gasteiger partial charge is 0.411 e. The summed E-state index contributed by atoms with van der Waals surface area (Å²) in [5.41, 5.74) is 2.17. The molecule has 0 aliphatic heterocycles. The molecule has 0 spiro atoms. The lowest BCUT2D eigenvalue weighted by Gasteiger charge is -2.11. The zero-order valence-electron chi connectivity index (χ0n) is 18.2. The zero-order chi connectivity index (χ0) is 23.8. The van der Waals surface area contributed by atoms with Gasteiger partial charge < -0.3 is 10.1 Å². The summed E-state index contributed by atoms with van der Waals surface area (Å²) < 4.78 is 32.4. The van der Waals surface area contributed by atoms with Crippen molar-refractivity contribution < 1.29 is 22.7 Å². The highest BCUT2D eigenvalue weighted by Gasteiger charge is 2.15. The lowest BCUT2D eigenvalue weighted by atomic mass is 10.1. The number of rotatable bonds is 9. The second kappa shape index (κ2) is 11.0. The Morgan fingerprint density at radius 1 is 0.939 bits per heavy atom. The largest absolute Gasteiger partial charge is 0.449 e. The van der Waals surface area contributed by atoms with E-state index in [0.29, 0.717) is 23.7 Å². The number of nitrogens with one attached hydrogen (secondary N) is 3. The van der Waals surface area contributed by atoms with Crippen LogP contribution in [0.5, 0.6) is 0 Å². The van der Waals surface area contributed by atoms with Crippen LogP contribution in [0.1, 0.15) is 19.4 Å². The van der Waals surface area contributed by atoms with Gasteiger partial charge in [0.15, 0.2) is 0 Å². The third kappa shape index (κ3) is 7.62. The van der Waals surface area contributed by atoms with E-state index in [1.165, 1.54) is 6.07 Å². The van der Waals surface area contributed by atoms with E-state index in [-0.39, 0.29) is 22.5 Å². The molecule has 0 atom stereocenters. The molecule has 0 bridgehead atoms. The first-order chi connectivity index (χ1) is 15.7. The molecule has 1 aromatic heterocycles. The maximum atomic E-state index is 12.4. The van der Waals surface area contributed by atoms with Crippen LogP contribution < -0.4 is 15.4 Å². The summed E-state index contributed by atoms with van der Waals surface area (Å²) in [5, 5.41) is 7.11. The Hall–Kier alpha value is -3.37. The van der Waals surface area contributed by atoms with Gasteiger partial charge in [-0.25, -0.2) is 13.2 Å². The van der Waals surface area contributed by atoms with E-state index in [9.17, 15) is 18.0 Å². The standard InChI is InChI=1S/C23H25N3O5S2/c1-16(2)15-31-23(28)25-20-6-3-5-19(14-20)24-21(27)13-17-8-10-18(11-9-17)26-33(29,30)22-7-4-12-32-22/h3-12,14,16,26H,13,15H2,1-2H3,(H,24,27)(H,25,28). The van der Waals surface area contributed by atoms with Crippen molar-refractivity contribution in [2.24, 2.45) is 5.92 Å². The van der Waals surface area contributed by atoms with Crippen LogP contribution in [0.3, 0.4) is 0 Å². The zero-order valence-corrected chi connectivity index (χ0v) is 19.8. The van der Waals surface area contributed by atoms with Crippen molar-refractivity contribution >= 4 is 50.4 Å². The number of thiophene rings is 1. The normalized spacial score (nSPS) is 11.1. The SMILES string of the molecule is CC(C)COC(=O)Nc1cccc(NC(=O)Cc2ccc(NS(=O)(=O)c3cccs3)cc2)c1. The molecule has 0 fully saturated rings. The van der Waals surface area contributed by atoms with Crippen molar-refractivity contribution in [1.29, 1.82) is 0 Å². The van der Waals surface area contributed by atoms with Crippen molar-refractivity contribution in [1.82, 2.24) is 0 Å². The van der Waals surface area contributed by atoms with Gasteiger partial charge in [0.25, 0.3) is 10.0 Å². The quantitative estimate of drug-likeness (QED) is 0.396. The van der Waals surface area contributed by atoms with Crippen LogP contribution in [0, 0.1) is 5.92 Å². The van der Waals surface area contributed by atoms with Crippen molar-refractivity contribution in [3.8, 4) is 0 Å². The summed E-state index contributed by atoms with van der Waals surface area (Å²) in [6.07, 6.45) is -0.451. The Balaban J connectivity index is 1.54. The summed E-state index contributed by atoms with van der Waals surface area (Å²) in [5.74, 6) is -0.0157. The Morgan fingerprint density at radius 3 is 2.27 bits per heavy atom. The lowest BCUT2D eigenvalue weighted by Crippen LogP contribution is -2.17. The molecule has 33 heavy (non-hydrogen) atoms. The van der Waals surface area contributed by atoms with Crippen LogP contribution >= 0.6 is 11.3 Å². The molecule has 3 aromatic rings. The van der Waals surface area contributed by atoms with E-state index < -0.39 is 16.1 Å². The first kappa shape index (κ1) is 24.3. The van der Waals surface area contributed by atoms with Gasteiger partial charge in [0.2, 0.25) is 5.91 Å². The van der Waals surface area contributed by atoms with Crippen LogP contribution in [-0.2, 0) is 26.0 Å². The summed E-state index contributed by atoms with van der Waals surface area (Å²) in [6, 6.07) is 16.6. The fourth-order valence-electron chi connectivity index (χ4n) is 2.77. The number of carbonyl (C=O) groups excluding carboxylic acids is 2. The molecule has 0 aliphatic rings. The second-order valence-corrected chi connectivity index (χ2v) is 10.5. The number of sulfonamides is 1. The molecule has 0 saturated carbocycles. The molecule has 3 N–H and O–H groups in total. The lowest BCUT2D eigenvalue weighted by molar-refractivity contribution is -0.115. The number of hydrogen-bond acceptors (Lipinski definition) is 6. The van der Waals surface area contributed by atoms with E-state index in [1.54, 1.807) is 60.0 Å². The Kier molecular flexibility index (Phi) is 8.07. The minimum Gasteiger partial charge on any atom is -0.449 e. The van der Waals surface area contributed by atoms with Crippen molar-refractivity contribution in [2.75, 3.05) is 22.0 Å². The van der Waals surface area contributed by atoms with Gasteiger partial charge in [-0.1, -0.05) is 38.1 Å². The topological polar surface area (TPSA) is 114 Å². The van der Waals surface area contributed by atoms with Crippen LogP contribution in [-0.4, -0.2) is 27.0 Å². The third-order valence-corrected chi connectivity index (χ3v) is 7.05.